The van der Waals surface area contributed by atoms with Gasteiger partial charge in [-0.05, 0) is 63.0 Å². The first-order valence-corrected chi connectivity index (χ1v) is 10.2. The fourth-order valence-electron chi connectivity index (χ4n) is 3.09. The number of benzene rings is 2. The van der Waals surface area contributed by atoms with Crippen LogP contribution in [0.1, 0.15) is 43.6 Å². The number of hydrogen-bond donors (Lipinski definition) is 2. The molecular formula is C22H26BClN2O4. The van der Waals surface area contributed by atoms with Crippen molar-refractivity contribution in [2.45, 2.75) is 51.4 Å². The minimum atomic E-state index is -0.837. The summed E-state index contributed by atoms with van der Waals surface area (Å²) in [5, 5.41) is 3.21. The second kappa shape index (κ2) is 8.42. The fraction of sp³-hybridized carbons (Fsp3) is 0.364. The van der Waals surface area contributed by atoms with Gasteiger partial charge in [0.25, 0.3) is 5.91 Å². The van der Waals surface area contributed by atoms with E-state index in [4.69, 9.17) is 26.6 Å². The minimum Gasteiger partial charge on any atom is -0.399 e. The van der Waals surface area contributed by atoms with Crippen LogP contribution in [0.3, 0.4) is 0 Å². The van der Waals surface area contributed by atoms with Crippen molar-refractivity contribution in [3.63, 3.8) is 0 Å². The maximum Gasteiger partial charge on any atom is 0.494 e. The van der Waals surface area contributed by atoms with Gasteiger partial charge in [-0.1, -0.05) is 35.9 Å². The Morgan fingerprint density at radius 3 is 2.03 bits per heavy atom. The van der Waals surface area contributed by atoms with E-state index in [1.54, 1.807) is 24.3 Å². The Morgan fingerprint density at radius 2 is 1.53 bits per heavy atom. The lowest BCUT2D eigenvalue weighted by Gasteiger charge is -2.32. The van der Waals surface area contributed by atoms with Gasteiger partial charge in [-0.2, -0.15) is 0 Å². The summed E-state index contributed by atoms with van der Waals surface area (Å²) in [6.45, 7) is 8.01. The number of halogens is 1. The van der Waals surface area contributed by atoms with Gasteiger partial charge >= 0.3 is 7.12 Å². The number of nitrogens with one attached hydrogen (secondary N) is 1. The van der Waals surface area contributed by atoms with Crippen molar-refractivity contribution in [1.82, 2.24) is 5.32 Å². The second-order valence-electron chi connectivity index (χ2n) is 8.47. The van der Waals surface area contributed by atoms with Gasteiger partial charge in [0, 0.05) is 17.0 Å². The molecule has 0 radical (unpaired) electrons. The van der Waals surface area contributed by atoms with Crippen LogP contribution in [-0.2, 0) is 20.5 Å². The van der Waals surface area contributed by atoms with Crippen LogP contribution in [0.4, 0.5) is 0 Å². The molecule has 2 amide bonds. The first-order valence-electron chi connectivity index (χ1n) is 9.79. The summed E-state index contributed by atoms with van der Waals surface area (Å²) in [6.07, 6.45) is 0.276. The Labute approximate surface area is 182 Å². The molecule has 0 spiro atoms. The molecule has 2 aromatic carbocycles. The van der Waals surface area contributed by atoms with Gasteiger partial charge in [-0.15, -0.1) is 0 Å². The quantitative estimate of drug-likeness (QED) is 0.692. The summed E-state index contributed by atoms with van der Waals surface area (Å²) in [7, 11) is -0.458. The van der Waals surface area contributed by atoms with E-state index in [9.17, 15) is 9.59 Å². The minimum absolute atomic E-state index is 0.276. The smallest absolute Gasteiger partial charge is 0.399 e. The molecule has 30 heavy (non-hydrogen) atoms. The predicted molar refractivity (Wildman–Crippen MR) is 118 cm³/mol. The lowest BCUT2D eigenvalue weighted by molar-refractivity contribution is -0.119. The largest absolute Gasteiger partial charge is 0.494 e. The summed E-state index contributed by atoms with van der Waals surface area (Å²) in [6, 6.07) is 13.1. The zero-order chi connectivity index (χ0) is 22.1. The third-order valence-electron chi connectivity index (χ3n) is 5.70. The number of rotatable bonds is 6. The standard InChI is InChI=1S/C22H26BClN2O4/c1-21(2)22(3,4)30-23(29-21)16-9-5-14(6-10-16)13-18(19(25)27)26-20(28)15-7-11-17(24)12-8-15/h5-12,18H,13H2,1-4H3,(H2,25,27)(H,26,28)/t18-/m0/s1. The number of primary amides is 1. The summed E-state index contributed by atoms with van der Waals surface area (Å²) in [5.74, 6) is -0.989. The molecule has 0 saturated carbocycles. The second-order valence-corrected chi connectivity index (χ2v) is 8.91. The molecule has 3 N–H and O–H groups in total. The highest BCUT2D eigenvalue weighted by Crippen LogP contribution is 2.36. The van der Waals surface area contributed by atoms with E-state index in [1.807, 2.05) is 52.0 Å². The maximum absolute atomic E-state index is 12.4. The SMILES string of the molecule is CC1(C)OB(c2ccc(C[C@H](NC(=O)c3ccc(Cl)cc3)C(N)=O)cc2)OC1(C)C. The Balaban J connectivity index is 1.67. The van der Waals surface area contributed by atoms with Crippen LogP contribution < -0.4 is 16.5 Å². The molecule has 3 rings (SSSR count). The average molecular weight is 429 g/mol. The van der Waals surface area contributed by atoms with Crippen LogP contribution in [0.25, 0.3) is 0 Å². The van der Waals surface area contributed by atoms with E-state index >= 15 is 0 Å². The molecule has 0 aromatic heterocycles. The van der Waals surface area contributed by atoms with E-state index in [1.165, 1.54) is 0 Å². The number of nitrogens with two attached hydrogens (primary N) is 1. The summed E-state index contributed by atoms with van der Waals surface area (Å²) < 4.78 is 12.1. The number of carbonyl (C=O) groups excluding carboxylic acids is 2. The van der Waals surface area contributed by atoms with Crippen LogP contribution in [0.2, 0.25) is 5.02 Å². The number of amides is 2. The molecule has 2 aromatic rings. The van der Waals surface area contributed by atoms with Crippen molar-refractivity contribution in [2.75, 3.05) is 0 Å². The van der Waals surface area contributed by atoms with Crippen molar-refractivity contribution in [2.24, 2.45) is 5.73 Å². The van der Waals surface area contributed by atoms with Gasteiger partial charge in [0.1, 0.15) is 6.04 Å². The lowest BCUT2D eigenvalue weighted by Crippen LogP contribution is -2.45. The summed E-state index contributed by atoms with van der Waals surface area (Å²) >= 11 is 5.85. The van der Waals surface area contributed by atoms with Gasteiger partial charge in [-0.25, -0.2) is 0 Å². The monoisotopic (exact) mass is 428 g/mol. The number of carbonyl (C=O) groups is 2. The normalized spacial score (nSPS) is 18.1. The first kappa shape index (κ1) is 22.3. The van der Waals surface area contributed by atoms with Gasteiger partial charge in [0.05, 0.1) is 11.2 Å². The molecule has 1 fully saturated rings. The molecule has 0 bridgehead atoms. The van der Waals surface area contributed by atoms with E-state index in [0.717, 1.165) is 11.0 Å². The van der Waals surface area contributed by atoms with Gasteiger partial charge in [-0.3, -0.25) is 9.59 Å². The highest BCUT2D eigenvalue weighted by atomic mass is 35.5. The van der Waals surface area contributed by atoms with Crippen molar-refractivity contribution >= 4 is 36.0 Å². The van der Waals surface area contributed by atoms with Gasteiger partial charge < -0.3 is 20.4 Å². The van der Waals surface area contributed by atoms with E-state index in [2.05, 4.69) is 5.32 Å². The summed E-state index contributed by atoms with van der Waals surface area (Å²) in [5.41, 5.74) is 6.82. The van der Waals surface area contributed by atoms with Crippen LogP contribution in [-0.4, -0.2) is 36.2 Å². The van der Waals surface area contributed by atoms with Crippen molar-refractivity contribution in [1.29, 1.82) is 0 Å². The molecule has 6 nitrogen and oxygen atoms in total. The van der Waals surface area contributed by atoms with Crippen LogP contribution in [0.5, 0.6) is 0 Å². The first-order chi connectivity index (χ1) is 14.0. The topological polar surface area (TPSA) is 90.6 Å². The fourth-order valence-corrected chi connectivity index (χ4v) is 3.22. The van der Waals surface area contributed by atoms with Crippen molar-refractivity contribution < 1.29 is 18.9 Å². The molecule has 8 heteroatoms. The molecule has 1 atom stereocenters. The molecule has 0 aliphatic carbocycles. The highest BCUT2D eigenvalue weighted by molar-refractivity contribution is 6.62. The Kier molecular flexibility index (Phi) is 6.27. The van der Waals surface area contributed by atoms with E-state index in [-0.39, 0.29) is 12.3 Å². The predicted octanol–water partition coefficient (Wildman–Crippen LogP) is 2.47. The van der Waals surface area contributed by atoms with Gasteiger partial charge in [0.2, 0.25) is 5.91 Å². The third-order valence-corrected chi connectivity index (χ3v) is 5.95. The molecule has 1 aliphatic rings. The molecular weight excluding hydrogens is 403 g/mol. The molecule has 1 heterocycles. The lowest BCUT2D eigenvalue weighted by atomic mass is 9.78. The maximum atomic E-state index is 12.4. The van der Waals surface area contributed by atoms with Crippen molar-refractivity contribution in [3.05, 3.63) is 64.7 Å². The number of hydrogen-bond acceptors (Lipinski definition) is 4. The zero-order valence-electron chi connectivity index (χ0n) is 17.6. The van der Waals surface area contributed by atoms with E-state index < -0.39 is 30.3 Å². The van der Waals surface area contributed by atoms with Crippen molar-refractivity contribution in [3.8, 4) is 0 Å². The average Bonchev–Trinajstić information content (AvgIpc) is 2.89. The Morgan fingerprint density at radius 1 is 1.00 bits per heavy atom. The van der Waals surface area contributed by atoms with E-state index in [0.29, 0.717) is 10.6 Å². The Hall–Kier alpha value is -2.35. The van der Waals surface area contributed by atoms with Crippen LogP contribution in [0, 0.1) is 0 Å². The highest BCUT2D eigenvalue weighted by Gasteiger charge is 2.51. The Bertz CT molecular complexity index is 913. The van der Waals surface area contributed by atoms with Crippen LogP contribution in [0.15, 0.2) is 48.5 Å². The zero-order valence-corrected chi connectivity index (χ0v) is 18.3. The third kappa shape index (κ3) is 4.86. The molecule has 158 valence electrons. The molecule has 0 unspecified atom stereocenters. The summed E-state index contributed by atoms with van der Waals surface area (Å²) in [4.78, 5) is 24.3. The van der Waals surface area contributed by atoms with Gasteiger partial charge in [0.15, 0.2) is 0 Å². The van der Waals surface area contributed by atoms with Crippen LogP contribution >= 0.6 is 11.6 Å². The molecule has 1 aliphatic heterocycles. The molecule has 1 saturated heterocycles.